The first-order chi connectivity index (χ1) is 6.29. The number of hydrogen-bond donors (Lipinski definition) is 1. The van der Waals surface area contributed by atoms with Gasteiger partial charge in [-0.15, -0.1) is 0 Å². The summed E-state index contributed by atoms with van der Waals surface area (Å²) in [6.07, 6.45) is 8.55. The molecule has 0 heterocycles. The maximum atomic E-state index is 3.65. The normalized spacial score (nSPS) is 20.5. The van der Waals surface area contributed by atoms with Crippen LogP contribution in [0.1, 0.15) is 38.5 Å². The molecule has 0 saturated heterocycles. The first-order valence-electron chi connectivity index (χ1n) is 5.67. The van der Waals surface area contributed by atoms with Gasteiger partial charge in [-0.2, -0.15) is 0 Å². The molecule has 0 aromatic heterocycles. The highest BCUT2D eigenvalue weighted by molar-refractivity contribution is 4.70. The monoisotopic (exact) mass is 184 g/mol. The predicted octanol–water partition coefficient (Wildman–Crippen LogP) is 1.86. The molecule has 0 atom stereocenters. The molecular formula is C11H24N2. The third-order valence-electron chi connectivity index (χ3n) is 2.85. The van der Waals surface area contributed by atoms with Crippen molar-refractivity contribution >= 4 is 0 Å². The van der Waals surface area contributed by atoms with Gasteiger partial charge in [-0.1, -0.05) is 25.7 Å². The average Bonchev–Trinajstić information content (AvgIpc) is 2.32. The van der Waals surface area contributed by atoms with Crippen molar-refractivity contribution in [3.05, 3.63) is 0 Å². The Morgan fingerprint density at radius 3 is 2.23 bits per heavy atom. The van der Waals surface area contributed by atoms with Gasteiger partial charge in [-0.25, -0.2) is 0 Å². The number of likely N-dealkylation sites (N-methyl/N-ethyl adjacent to an activating group) is 1. The highest BCUT2D eigenvalue weighted by Crippen LogP contribution is 2.16. The summed E-state index contributed by atoms with van der Waals surface area (Å²) in [7, 11) is 4.27. The van der Waals surface area contributed by atoms with E-state index in [4.69, 9.17) is 0 Å². The van der Waals surface area contributed by atoms with Crippen molar-refractivity contribution in [2.45, 2.75) is 44.6 Å². The van der Waals surface area contributed by atoms with Crippen molar-refractivity contribution in [3.63, 3.8) is 0 Å². The van der Waals surface area contributed by atoms with Gasteiger partial charge in [0.2, 0.25) is 0 Å². The summed E-state index contributed by atoms with van der Waals surface area (Å²) in [5, 5.41) is 3.65. The number of nitrogens with one attached hydrogen (secondary N) is 1. The molecule has 0 aromatic rings. The Morgan fingerprint density at radius 2 is 1.69 bits per heavy atom. The quantitative estimate of drug-likeness (QED) is 0.671. The van der Waals surface area contributed by atoms with E-state index in [-0.39, 0.29) is 0 Å². The zero-order valence-electron chi connectivity index (χ0n) is 9.18. The van der Waals surface area contributed by atoms with E-state index in [0.29, 0.717) is 0 Å². The van der Waals surface area contributed by atoms with Crippen molar-refractivity contribution in [2.24, 2.45) is 0 Å². The summed E-state index contributed by atoms with van der Waals surface area (Å²) in [6.45, 7) is 2.31. The fraction of sp³-hybridized carbons (Fsp3) is 1.00. The van der Waals surface area contributed by atoms with Crippen LogP contribution in [0.4, 0.5) is 0 Å². The molecule has 2 heteroatoms. The second-order valence-electron chi connectivity index (χ2n) is 4.45. The average molecular weight is 184 g/mol. The van der Waals surface area contributed by atoms with Gasteiger partial charge in [0.25, 0.3) is 0 Å². The molecular weight excluding hydrogens is 160 g/mol. The van der Waals surface area contributed by atoms with Gasteiger partial charge in [-0.3, -0.25) is 0 Å². The minimum Gasteiger partial charge on any atom is -0.313 e. The van der Waals surface area contributed by atoms with E-state index >= 15 is 0 Å². The van der Waals surface area contributed by atoms with E-state index in [1.807, 2.05) is 0 Å². The van der Waals surface area contributed by atoms with Crippen LogP contribution in [-0.4, -0.2) is 38.1 Å². The van der Waals surface area contributed by atoms with Crippen LogP contribution in [0.15, 0.2) is 0 Å². The number of nitrogens with zero attached hydrogens (tertiary/aromatic N) is 1. The smallest absolute Gasteiger partial charge is 0.0101 e. The van der Waals surface area contributed by atoms with Crippen LogP contribution in [0.3, 0.4) is 0 Å². The van der Waals surface area contributed by atoms with E-state index in [2.05, 4.69) is 24.3 Å². The maximum absolute atomic E-state index is 3.65. The van der Waals surface area contributed by atoms with Gasteiger partial charge in [0.1, 0.15) is 0 Å². The van der Waals surface area contributed by atoms with E-state index in [1.165, 1.54) is 38.5 Å². The molecule has 1 rings (SSSR count). The van der Waals surface area contributed by atoms with Gasteiger partial charge in [-0.05, 0) is 26.9 Å². The Hall–Kier alpha value is -0.0800. The highest BCUT2D eigenvalue weighted by Gasteiger charge is 2.10. The zero-order valence-corrected chi connectivity index (χ0v) is 9.18. The first-order valence-corrected chi connectivity index (χ1v) is 5.67. The first kappa shape index (κ1) is 11.0. The van der Waals surface area contributed by atoms with Crippen LogP contribution in [-0.2, 0) is 0 Å². The van der Waals surface area contributed by atoms with Crippen molar-refractivity contribution in [1.82, 2.24) is 10.2 Å². The lowest BCUT2D eigenvalue weighted by molar-refractivity contribution is 0.371. The standard InChI is InChI=1S/C11H24N2/c1-13(2)10-9-12-11-7-5-3-4-6-8-11/h11-12H,3-10H2,1-2H3. The van der Waals surface area contributed by atoms with E-state index < -0.39 is 0 Å². The molecule has 1 saturated carbocycles. The molecule has 0 unspecified atom stereocenters. The number of hydrogen-bond acceptors (Lipinski definition) is 2. The minimum atomic E-state index is 0.808. The van der Waals surface area contributed by atoms with E-state index in [0.717, 1.165) is 19.1 Å². The molecule has 0 amide bonds. The number of rotatable bonds is 4. The molecule has 0 bridgehead atoms. The molecule has 13 heavy (non-hydrogen) atoms. The summed E-state index contributed by atoms with van der Waals surface area (Å²) >= 11 is 0. The molecule has 78 valence electrons. The van der Waals surface area contributed by atoms with Crippen LogP contribution in [0.25, 0.3) is 0 Å². The Balaban J connectivity index is 2.05. The summed E-state index contributed by atoms with van der Waals surface area (Å²) in [4.78, 5) is 2.24. The van der Waals surface area contributed by atoms with Crippen LogP contribution in [0, 0.1) is 0 Å². The van der Waals surface area contributed by atoms with Crippen LogP contribution >= 0.6 is 0 Å². The molecule has 1 N–H and O–H groups in total. The topological polar surface area (TPSA) is 15.3 Å². The Morgan fingerprint density at radius 1 is 1.08 bits per heavy atom. The molecule has 1 aliphatic carbocycles. The molecule has 1 fully saturated rings. The second-order valence-corrected chi connectivity index (χ2v) is 4.45. The molecule has 0 aromatic carbocycles. The minimum absolute atomic E-state index is 0.808. The molecule has 1 aliphatic rings. The SMILES string of the molecule is CN(C)CCNC1CCCCCC1. The van der Waals surface area contributed by atoms with Gasteiger partial charge in [0.05, 0.1) is 0 Å². The maximum Gasteiger partial charge on any atom is 0.0101 e. The van der Waals surface area contributed by atoms with Gasteiger partial charge in [0, 0.05) is 19.1 Å². The fourth-order valence-corrected chi connectivity index (χ4v) is 1.98. The molecule has 0 radical (unpaired) electrons. The van der Waals surface area contributed by atoms with Crippen molar-refractivity contribution in [3.8, 4) is 0 Å². The Kier molecular flexibility index (Phi) is 5.40. The van der Waals surface area contributed by atoms with Gasteiger partial charge >= 0.3 is 0 Å². The summed E-state index contributed by atoms with van der Waals surface area (Å²) in [5.41, 5.74) is 0. The third kappa shape index (κ3) is 5.27. The Bertz CT molecular complexity index is 115. The van der Waals surface area contributed by atoms with Gasteiger partial charge < -0.3 is 10.2 Å². The molecule has 0 spiro atoms. The predicted molar refractivity (Wildman–Crippen MR) is 58.0 cm³/mol. The van der Waals surface area contributed by atoms with E-state index in [9.17, 15) is 0 Å². The highest BCUT2D eigenvalue weighted by atomic mass is 15.1. The van der Waals surface area contributed by atoms with Crippen LogP contribution in [0.2, 0.25) is 0 Å². The van der Waals surface area contributed by atoms with E-state index in [1.54, 1.807) is 0 Å². The lowest BCUT2D eigenvalue weighted by atomic mass is 10.1. The lowest BCUT2D eigenvalue weighted by Gasteiger charge is -2.17. The summed E-state index contributed by atoms with van der Waals surface area (Å²) < 4.78 is 0. The van der Waals surface area contributed by atoms with Gasteiger partial charge in [0.15, 0.2) is 0 Å². The second kappa shape index (κ2) is 6.39. The lowest BCUT2D eigenvalue weighted by Crippen LogP contribution is -2.34. The summed E-state index contributed by atoms with van der Waals surface area (Å²) in [5.74, 6) is 0. The zero-order chi connectivity index (χ0) is 9.52. The largest absolute Gasteiger partial charge is 0.313 e. The third-order valence-corrected chi connectivity index (χ3v) is 2.85. The van der Waals surface area contributed by atoms with Crippen molar-refractivity contribution in [2.75, 3.05) is 27.2 Å². The summed E-state index contributed by atoms with van der Waals surface area (Å²) in [6, 6.07) is 0.808. The van der Waals surface area contributed by atoms with Crippen molar-refractivity contribution in [1.29, 1.82) is 0 Å². The molecule has 0 aliphatic heterocycles. The van der Waals surface area contributed by atoms with Crippen molar-refractivity contribution < 1.29 is 0 Å². The van der Waals surface area contributed by atoms with Crippen LogP contribution in [0.5, 0.6) is 0 Å². The fourth-order valence-electron chi connectivity index (χ4n) is 1.98. The molecule has 2 nitrogen and oxygen atoms in total. The Labute approximate surface area is 82.7 Å². The van der Waals surface area contributed by atoms with Crippen LogP contribution < -0.4 is 5.32 Å².